The summed E-state index contributed by atoms with van der Waals surface area (Å²) in [4.78, 5) is 23.7. The van der Waals surface area contributed by atoms with Gasteiger partial charge in [-0.1, -0.05) is 49.4 Å². The molecule has 0 unspecified atom stereocenters. The second-order valence-electron chi connectivity index (χ2n) is 5.54. The van der Waals surface area contributed by atoms with Crippen LogP contribution >= 0.6 is 0 Å². The smallest absolute Gasteiger partial charge is 0.265 e. The van der Waals surface area contributed by atoms with E-state index in [0.717, 1.165) is 24.1 Å². The number of hydrogen-bond acceptors (Lipinski definition) is 3. The summed E-state index contributed by atoms with van der Waals surface area (Å²) in [7, 11) is 0. The van der Waals surface area contributed by atoms with E-state index in [1.807, 2.05) is 49.4 Å². The minimum absolute atomic E-state index is 0.158. The van der Waals surface area contributed by atoms with Gasteiger partial charge in [0.25, 0.3) is 5.91 Å². The van der Waals surface area contributed by atoms with Gasteiger partial charge in [0, 0.05) is 24.7 Å². The van der Waals surface area contributed by atoms with Crippen LogP contribution in [-0.2, 0) is 11.3 Å². The molecule has 0 aliphatic rings. The maximum atomic E-state index is 11.9. The number of carbonyl (C=O) groups excluding carboxylic acids is 2. The fourth-order valence-corrected chi connectivity index (χ4v) is 2.10. The van der Waals surface area contributed by atoms with Gasteiger partial charge < -0.3 is 5.32 Å². The normalized spacial score (nSPS) is 10.6. The fraction of sp³-hybridized carbons (Fsp3) is 0.200. The Balaban J connectivity index is 1.80. The molecule has 3 N–H and O–H groups in total. The molecule has 2 amide bonds. The van der Waals surface area contributed by atoms with Crippen LogP contribution in [0.15, 0.2) is 60.7 Å². The van der Waals surface area contributed by atoms with E-state index < -0.39 is 0 Å². The lowest BCUT2D eigenvalue weighted by Gasteiger charge is -2.07. The molecule has 0 aliphatic carbocycles. The van der Waals surface area contributed by atoms with Gasteiger partial charge in [-0.3, -0.25) is 15.0 Å². The van der Waals surface area contributed by atoms with Crippen LogP contribution in [0.3, 0.4) is 0 Å². The highest BCUT2D eigenvalue weighted by Gasteiger charge is 2.04. The number of rotatable bonds is 8. The highest BCUT2D eigenvalue weighted by atomic mass is 16.2. The van der Waals surface area contributed by atoms with Gasteiger partial charge in [-0.2, -0.15) is 0 Å². The Bertz CT molecular complexity index is 709. The van der Waals surface area contributed by atoms with E-state index in [2.05, 4.69) is 16.2 Å². The first kappa shape index (κ1) is 18.4. The molecule has 2 aromatic rings. The van der Waals surface area contributed by atoms with Gasteiger partial charge in [-0.15, -0.1) is 0 Å². The van der Waals surface area contributed by atoms with Crippen molar-refractivity contribution in [2.24, 2.45) is 0 Å². The van der Waals surface area contributed by atoms with Gasteiger partial charge in [-0.05, 0) is 35.8 Å². The molecule has 0 fully saturated rings. The molecule has 0 aromatic heterocycles. The number of hydrogen-bond donors (Lipinski definition) is 3. The van der Waals surface area contributed by atoms with Gasteiger partial charge in [-0.25, -0.2) is 5.43 Å². The predicted molar refractivity (Wildman–Crippen MR) is 99.5 cm³/mol. The molecule has 5 nitrogen and oxygen atoms in total. The number of carbonyl (C=O) groups is 2. The molecule has 0 atom stereocenters. The molecular weight excluding hydrogens is 314 g/mol. The maximum Gasteiger partial charge on any atom is 0.265 e. The third-order valence-electron chi connectivity index (χ3n) is 3.49. The van der Waals surface area contributed by atoms with E-state index in [1.54, 1.807) is 18.2 Å². The number of hydrazine groups is 1. The van der Waals surface area contributed by atoms with Crippen LogP contribution in [0.4, 0.5) is 0 Å². The monoisotopic (exact) mass is 337 g/mol. The van der Waals surface area contributed by atoms with E-state index in [1.165, 1.54) is 6.08 Å². The van der Waals surface area contributed by atoms with Gasteiger partial charge in [0.15, 0.2) is 0 Å². The van der Waals surface area contributed by atoms with Crippen LogP contribution < -0.4 is 16.2 Å². The van der Waals surface area contributed by atoms with Crippen LogP contribution in [0.2, 0.25) is 0 Å². The first-order valence-electron chi connectivity index (χ1n) is 8.32. The molecule has 0 spiro atoms. The lowest BCUT2D eigenvalue weighted by molar-refractivity contribution is -0.116. The van der Waals surface area contributed by atoms with Crippen LogP contribution in [0.25, 0.3) is 6.08 Å². The Morgan fingerprint density at radius 3 is 2.40 bits per heavy atom. The van der Waals surface area contributed by atoms with Gasteiger partial charge in [0.2, 0.25) is 5.91 Å². The molecule has 0 heterocycles. The average molecular weight is 337 g/mol. The van der Waals surface area contributed by atoms with Crippen LogP contribution in [0.5, 0.6) is 0 Å². The maximum absolute atomic E-state index is 11.9. The third-order valence-corrected chi connectivity index (χ3v) is 3.49. The summed E-state index contributed by atoms with van der Waals surface area (Å²) in [6.45, 7) is 3.16. The Morgan fingerprint density at radius 2 is 1.72 bits per heavy atom. The van der Waals surface area contributed by atoms with Crippen molar-refractivity contribution in [1.29, 1.82) is 0 Å². The molecular formula is C20H23N3O2. The summed E-state index contributed by atoms with van der Waals surface area (Å²) in [5, 5.41) is 2.82. The SMILES string of the molecule is CCCNNC(=O)c1ccc(CNC(=O)/C=C/c2ccccc2)cc1. The molecule has 0 bridgehead atoms. The number of amides is 2. The Kier molecular flexibility index (Phi) is 7.41. The van der Waals surface area contributed by atoms with Crippen molar-refractivity contribution < 1.29 is 9.59 Å². The van der Waals surface area contributed by atoms with Crippen molar-refractivity contribution in [2.45, 2.75) is 19.9 Å². The van der Waals surface area contributed by atoms with E-state index in [9.17, 15) is 9.59 Å². The van der Waals surface area contributed by atoms with Crippen molar-refractivity contribution in [3.63, 3.8) is 0 Å². The summed E-state index contributed by atoms with van der Waals surface area (Å²) in [6.07, 6.45) is 4.22. The lowest BCUT2D eigenvalue weighted by atomic mass is 10.1. The first-order chi connectivity index (χ1) is 12.2. The zero-order chi connectivity index (χ0) is 17.9. The molecule has 2 aromatic carbocycles. The Hall–Kier alpha value is -2.92. The molecule has 2 rings (SSSR count). The molecule has 0 radical (unpaired) electrons. The first-order valence-corrected chi connectivity index (χ1v) is 8.32. The van der Waals surface area contributed by atoms with Crippen molar-refractivity contribution in [2.75, 3.05) is 6.54 Å². The molecule has 0 saturated carbocycles. The quantitative estimate of drug-likeness (QED) is 0.394. The Labute approximate surface area is 148 Å². The summed E-state index contributed by atoms with van der Waals surface area (Å²) >= 11 is 0. The summed E-state index contributed by atoms with van der Waals surface area (Å²) in [5.74, 6) is -0.329. The average Bonchev–Trinajstić information content (AvgIpc) is 2.66. The van der Waals surface area contributed by atoms with E-state index in [4.69, 9.17) is 0 Å². The largest absolute Gasteiger partial charge is 0.348 e. The molecule has 25 heavy (non-hydrogen) atoms. The van der Waals surface area contributed by atoms with Crippen molar-refractivity contribution >= 4 is 17.9 Å². The summed E-state index contributed by atoms with van der Waals surface area (Å²) < 4.78 is 0. The number of nitrogens with one attached hydrogen (secondary N) is 3. The Morgan fingerprint density at radius 1 is 1.00 bits per heavy atom. The van der Waals surface area contributed by atoms with Crippen LogP contribution in [0, 0.1) is 0 Å². The zero-order valence-corrected chi connectivity index (χ0v) is 14.3. The molecule has 130 valence electrons. The summed E-state index contributed by atoms with van der Waals surface area (Å²) in [6, 6.07) is 16.8. The minimum atomic E-state index is -0.171. The molecule has 5 heteroatoms. The van der Waals surface area contributed by atoms with Gasteiger partial charge in [0.1, 0.15) is 0 Å². The third kappa shape index (κ3) is 6.61. The second-order valence-corrected chi connectivity index (χ2v) is 5.54. The summed E-state index contributed by atoms with van der Waals surface area (Å²) in [5.41, 5.74) is 7.96. The highest BCUT2D eigenvalue weighted by Crippen LogP contribution is 2.05. The van der Waals surface area contributed by atoms with E-state index in [0.29, 0.717) is 12.1 Å². The van der Waals surface area contributed by atoms with Crippen molar-refractivity contribution in [3.8, 4) is 0 Å². The van der Waals surface area contributed by atoms with Crippen molar-refractivity contribution in [3.05, 3.63) is 77.4 Å². The topological polar surface area (TPSA) is 70.2 Å². The van der Waals surface area contributed by atoms with E-state index >= 15 is 0 Å². The zero-order valence-electron chi connectivity index (χ0n) is 14.3. The molecule has 0 aliphatic heterocycles. The second kappa shape index (κ2) is 10.1. The number of benzene rings is 2. The van der Waals surface area contributed by atoms with Crippen LogP contribution in [0.1, 0.15) is 34.8 Å². The fourth-order valence-electron chi connectivity index (χ4n) is 2.10. The van der Waals surface area contributed by atoms with Crippen LogP contribution in [-0.4, -0.2) is 18.4 Å². The lowest BCUT2D eigenvalue weighted by Crippen LogP contribution is -2.37. The van der Waals surface area contributed by atoms with E-state index in [-0.39, 0.29) is 11.8 Å². The standard InChI is InChI=1S/C20H23N3O2/c1-2-14-22-23-20(25)18-11-8-17(9-12-18)15-21-19(24)13-10-16-6-4-3-5-7-16/h3-13,22H,2,14-15H2,1H3,(H,21,24)(H,23,25)/b13-10+. The predicted octanol–water partition coefficient (Wildman–Crippen LogP) is 2.66. The van der Waals surface area contributed by atoms with Gasteiger partial charge in [0.05, 0.1) is 0 Å². The minimum Gasteiger partial charge on any atom is -0.348 e. The van der Waals surface area contributed by atoms with Gasteiger partial charge >= 0.3 is 0 Å². The highest BCUT2D eigenvalue weighted by molar-refractivity contribution is 5.94. The van der Waals surface area contributed by atoms with Crippen molar-refractivity contribution in [1.82, 2.24) is 16.2 Å². The molecule has 0 saturated heterocycles.